The van der Waals surface area contributed by atoms with Crippen LogP contribution in [-0.4, -0.2) is 23.6 Å². The molecule has 0 aliphatic rings. The fraction of sp³-hybridized carbons (Fsp3) is 0.222. The maximum atomic E-state index is 12.4. The van der Waals surface area contributed by atoms with E-state index in [9.17, 15) is 9.59 Å². The number of benzene rings is 1. The Morgan fingerprint density at radius 2 is 1.96 bits per heavy atom. The maximum Gasteiger partial charge on any atom is 0.354 e. The van der Waals surface area contributed by atoms with Crippen molar-refractivity contribution in [1.29, 1.82) is 0 Å². The highest BCUT2D eigenvalue weighted by molar-refractivity contribution is 7.16. The van der Waals surface area contributed by atoms with Crippen molar-refractivity contribution in [2.24, 2.45) is 0 Å². The molecule has 3 aromatic rings. The number of methoxy groups -OCH3 is 1. The Bertz CT molecular complexity index is 877. The molecule has 1 amide bonds. The number of fused-ring (bicyclic) bond motifs is 1. The third-order valence-corrected chi connectivity index (χ3v) is 4.80. The molecular weight excluding hydrogens is 324 g/mol. The van der Waals surface area contributed by atoms with E-state index in [4.69, 9.17) is 4.74 Å². The molecule has 0 aliphatic carbocycles. The lowest BCUT2D eigenvalue weighted by Gasteiger charge is -2.10. The summed E-state index contributed by atoms with van der Waals surface area (Å²) in [6.07, 6.45) is 0.955. The number of hydrogen-bond acceptors (Lipinski definition) is 4. The smallest absolute Gasteiger partial charge is 0.354 e. The van der Waals surface area contributed by atoms with Gasteiger partial charge in [-0.15, -0.1) is 11.3 Å². The predicted octanol–water partition coefficient (Wildman–Crippen LogP) is 3.69. The Morgan fingerprint density at radius 3 is 2.62 bits per heavy atom. The van der Waals surface area contributed by atoms with E-state index in [2.05, 4.69) is 12.2 Å². The van der Waals surface area contributed by atoms with Crippen molar-refractivity contribution in [3.05, 3.63) is 53.0 Å². The van der Waals surface area contributed by atoms with Gasteiger partial charge >= 0.3 is 5.97 Å². The van der Waals surface area contributed by atoms with Gasteiger partial charge in [0.2, 0.25) is 5.91 Å². The average molecular weight is 342 g/mol. The lowest BCUT2D eigenvalue weighted by atomic mass is 10.1. The summed E-state index contributed by atoms with van der Waals surface area (Å²) in [4.78, 5) is 25.2. The van der Waals surface area contributed by atoms with Gasteiger partial charge in [0.25, 0.3) is 0 Å². The minimum atomic E-state index is -0.446. The highest BCUT2D eigenvalue weighted by atomic mass is 32.1. The number of rotatable bonds is 5. The molecule has 6 heteroatoms. The molecule has 3 rings (SSSR count). The molecule has 0 radical (unpaired) electrons. The second kappa shape index (κ2) is 6.88. The van der Waals surface area contributed by atoms with E-state index >= 15 is 0 Å². The van der Waals surface area contributed by atoms with Crippen LogP contribution < -0.4 is 5.32 Å². The molecule has 24 heavy (non-hydrogen) atoms. The van der Waals surface area contributed by atoms with Gasteiger partial charge in [-0.25, -0.2) is 4.79 Å². The van der Waals surface area contributed by atoms with Crippen LogP contribution in [-0.2, 0) is 22.5 Å². The van der Waals surface area contributed by atoms with Gasteiger partial charge in [0.05, 0.1) is 7.11 Å². The summed E-state index contributed by atoms with van der Waals surface area (Å²) in [6.45, 7) is 2.14. The number of carbonyl (C=O) groups is 2. The molecule has 0 aliphatic heterocycles. The van der Waals surface area contributed by atoms with Gasteiger partial charge in [-0.2, -0.15) is 0 Å². The molecule has 2 aromatic heterocycles. The number of nitrogens with one attached hydrogen (secondary N) is 1. The number of esters is 1. The van der Waals surface area contributed by atoms with Crippen molar-refractivity contribution >= 4 is 39.1 Å². The van der Waals surface area contributed by atoms with E-state index in [0.717, 1.165) is 22.3 Å². The molecule has 1 N–H and O–H groups in total. The summed E-state index contributed by atoms with van der Waals surface area (Å²) >= 11 is 1.49. The molecule has 0 fully saturated rings. The molecule has 0 bridgehead atoms. The fourth-order valence-electron chi connectivity index (χ4n) is 2.57. The van der Waals surface area contributed by atoms with E-state index in [1.165, 1.54) is 24.0 Å². The predicted molar refractivity (Wildman–Crippen MR) is 95.6 cm³/mol. The van der Waals surface area contributed by atoms with Gasteiger partial charge in [0.1, 0.15) is 17.1 Å². The number of carbonyl (C=O) groups excluding carboxylic acids is 2. The number of ether oxygens (including phenoxy) is 1. The molecule has 124 valence electrons. The molecule has 0 unspecified atom stereocenters. The second-order valence-electron chi connectivity index (χ2n) is 5.39. The summed E-state index contributed by atoms with van der Waals surface area (Å²) in [5.74, 6) is -0.631. The number of thiophene rings is 1. The van der Waals surface area contributed by atoms with Crippen LogP contribution in [0.25, 0.3) is 10.2 Å². The van der Waals surface area contributed by atoms with Crippen molar-refractivity contribution in [3.8, 4) is 0 Å². The summed E-state index contributed by atoms with van der Waals surface area (Å²) < 4.78 is 6.51. The van der Waals surface area contributed by atoms with E-state index < -0.39 is 5.97 Å². The number of aromatic nitrogens is 1. The first-order chi connectivity index (χ1) is 11.6. The van der Waals surface area contributed by atoms with Gasteiger partial charge in [0, 0.05) is 11.1 Å². The maximum absolute atomic E-state index is 12.4. The average Bonchev–Trinajstić information content (AvgIpc) is 3.17. The summed E-state index contributed by atoms with van der Waals surface area (Å²) in [5, 5.41) is 5.73. The lowest BCUT2D eigenvalue weighted by molar-refractivity contribution is -0.116. The third kappa shape index (κ3) is 3.19. The van der Waals surface area contributed by atoms with Crippen molar-refractivity contribution in [3.63, 3.8) is 0 Å². The summed E-state index contributed by atoms with van der Waals surface area (Å²) in [7, 11) is 1.34. The second-order valence-corrected chi connectivity index (χ2v) is 6.28. The topological polar surface area (TPSA) is 60.3 Å². The van der Waals surface area contributed by atoms with Crippen molar-refractivity contribution in [2.75, 3.05) is 12.4 Å². The summed E-state index contributed by atoms with van der Waals surface area (Å²) in [6, 6.07) is 11.4. The molecule has 0 saturated carbocycles. The van der Waals surface area contributed by atoms with Crippen LogP contribution in [0, 0.1) is 0 Å². The zero-order valence-corrected chi connectivity index (χ0v) is 14.4. The zero-order chi connectivity index (χ0) is 17.1. The summed E-state index contributed by atoms with van der Waals surface area (Å²) in [5.41, 5.74) is 2.34. The molecule has 2 heterocycles. The zero-order valence-electron chi connectivity index (χ0n) is 13.5. The molecule has 0 spiro atoms. The minimum Gasteiger partial charge on any atom is -0.464 e. The van der Waals surface area contributed by atoms with E-state index in [1.54, 1.807) is 10.6 Å². The molecule has 1 aromatic carbocycles. The first kappa shape index (κ1) is 16.3. The largest absolute Gasteiger partial charge is 0.464 e. The quantitative estimate of drug-likeness (QED) is 0.719. The van der Waals surface area contributed by atoms with Gasteiger partial charge in [-0.05, 0) is 41.6 Å². The van der Waals surface area contributed by atoms with Gasteiger partial charge < -0.3 is 14.6 Å². The van der Waals surface area contributed by atoms with Gasteiger partial charge in [-0.3, -0.25) is 4.79 Å². The number of hydrogen-bond donors (Lipinski definition) is 1. The van der Waals surface area contributed by atoms with E-state index in [-0.39, 0.29) is 12.5 Å². The van der Waals surface area contributed by atoms with Crippen molar-refractivity contribution in [2.45, 2.75) is 19.9 Å². The van der Waals surface area contributed by atoms with Crippen LogP contribution in [0.3, 0.4) is 0 Å². The van der Waals surface area contributed by atoms with Gasteiger partial charge in [0.15, 0.2) is 0 Å². The Kier molecular flexibility index (Phi) is 4.66. The molecule has 0 saturated heterocycles. The number of nitrogens with zero attached hydrogens (tertiary/aromatic N) is 1. The first-order valence-corrected chi connectivity index (χ1v) is 8.54. The third-order valence-electron chi connectivity index (χ3n) is 3.84. The fourth-order valence-corrected chi connectivity index (χ4v) is 3.47. The number of anilines is 1. The Morgan fingerprint density at radius 1 is 1.21 bits per heavy atom. The number of aryl methyl sites for hydroxylation is 1. The van der Waals surface area contributed by atoms with Crippen LogP contribution in [0.5, 0.6) is 0 Å². The standard InChI is InChI=1S/C18H18N2O3S/c1-3-12-4-6-14(7-5-12)19-16(21)11-20-15(18(22)23-2)10-13-8-9-24-17(13)20/h4-10H,3,11H2,1-2H3,(H,19,21). The Balaban J connectivity index is 1.81. The lowest BCUT2D eigenvalue weighted by Crippen LogP contribution is -2.21. The Hall–Kier alpha value is -2.60. The monoisotopic (exact) mass is 342 g/mol. The normalized spacial score (nSPS) is 10.8. The van der Waals surface area contributed by atoms with Crippen LogP contribution >= 0.6 is 11.3 Å². The highest BCUT2D eigenvalue weighted by Crippen LogP contribution is 2.26. The van der Waals surface area contributed by atoms with Crippen molar-refractivity contribution in [1.82, 2.24) is 4.57 Å². The minimum absolute atomic E-state index is 0.0595. The Labute approximate surface area is 143 Å². The van der Waals surface area contributed by atoms with E-state index in [1.807, 2.05) is 35.7 Å². The van der Waals surface area contributed by atoms with Crippen LogP contribution in [0.4, 0.5) is 5.69 Å². The molecule has 0 atom stereocenters. The van der Waals surface area contributed by atoms with E-state index in [0.29, 0.717) is 5.69 Å². The van der Waals surface area contributed by atoms with Crippen molar-refractivity contribution < 1.29 is 14.3 Å². The van der Waals surface area contributed by atoms with Crippen LogP contribution in [0.2, 0.25) is 0 Å². The number of amides is 1. The van der Waals surface area contributed by atoms with Crippen LogP contribution in [0.1, 0.15) is 23.0 Å². The first-order valence-electron chi connectivity index (χ1n) is 7.66. The molecule has 5 nitrogen and oxygen atoms in total. The SMILES string of the molecule is CCc1ccc(NC(=O)Cn2c(C(=O)OC)cc3ccsc32)cc1. The highest BCUT2D eigenvalue weighted by Gasteiger charge is 2.19. The molecular formula is C18H18N2O3S. The van der Waals surface area contributed by atoms with Crippen LogP contribution in [0.15, 0.2) is 41.8 Å². The van der Waals surface area contributed by atoms with Gasteiger partial charge in [-0.1, -0.05) is 19.1 Å².